The minimum atomic E-state index is -3.88. The third kappa shape index (κ3) is 8.04. The van der Waals surface area contributed by atoms with Gasteiger partial charge in [0.05, 0.1) is 28.5 Å². The lowest BCUT2D eigenvalue weighted by Crippen LogP contribution is -2.63. The molecule has 0 bridgehead atoms. The summed E-state index contributed by atoms with van der Waals surface area (Å²) in [6.07, 6.45) is 6.79. The zero-order valence-corrected chi connectivity index (χ0v) is 28.7. The lowest BCUT2D eigenvalue weighted by molar-refractivity contribution is -0.129. The first kappa shape index (κ1) is 35.4. The molecule has 1 aromatic heterocycles. The summed E-state index contributed by atoms with van der Waals surface area (Å²) < 4.78 is 24.4. The molecular formula is C36H47N5O6S. The van der Waals surface area contributed by atoms with Crippen molar-refractivity contribution in [1.29, 1.82) is 0 Å². The van der Waals surface area contributed by atoms with Crippen molar-refractivity contribution in [2.75, 3.05) is 19.3 Å². The Morgan fingerprint density at radius 2 is 1.73 bits per heavy atom. The molecule has 1 saturated carbocycles. The largest absolute Gasteiger partial charge is 0.390 e. The van der Waals surface area contributed by atoms with E-state index in [0.717, 1.165) is 37.5 Å². The number of aliphatic hydroxyl groups is 1. The van der Waals surface area contributed by atoms with Crippen LogP contribution in [0.4, 0.5) is 0 Å². The van der Waals surface area contributed by atoms with Crippen molar-refractivity contribution >= 4 is 38.5 Å². The molecule has 0 radical (unpaired) electrons. The number of likely N-dealkylation sites (tertiary alicyclic amines) is 1. The molecule has 258 valence electrons. The first-order valence-electron chi connectivity index (χ1n) is 16.7. The molecule has 6 atom stereocenters. The monoisotopic (exact) mass is 677 g/mol. The highest BCUT2D eigenvalue weighted by atomic mass is 32.2. The van der Waals surface area contributed by atoms with Crippen LogP contribution in [0.25, 0.3) is 10.9 Å². The number of nitrogens with zero attached hydrogens (tertiary/aromatic N) is 2. The standard InChI is InChI=1S/C36H47N5O6S/c1-36(2,48(3,46)47)32(40-34(44)26-15-16-28-25(19-26)14-9-17-38-28)35(45)39-29(18-23-10-5-4-6-11-23)31(42)22-41-21-27-13-8-7-12-24(27)20-30(41)33(37)43/h4-6,9-11,14-17,19,24,27,29-32,42H,7-8,12-13,18,20-22H2,1-3H3,(H2,37,43)(H,39,45)(H,40,44)/t24?,27?,29-,30-,31+,32+/m0/s1. The highest BCUT2D eigenvalue weighted by Crippen LogP contribution is 2.38. The number of pyridine rings is 1. The van der Waals surface area contributed by atoms with Crippen molar-refractivity contribution in [3.8, 4) is 0 Å². The predicted octanol–water partition coefficient (Wildman–Crippen LogP) is 2.61. The number of rotatable bonds is 12. The average Bonchev–Trinajstić information content (AvgIpc) is 3.05. The zero-order chi connectivity index (χ0) is 34.6. The Morgan fingerprint density at radius 3 is 2.42 bits per heavy atom. The Kier molecular flexibility index (Phi) is 10.9. The number of aliphatic hydroxyl groups excluding tert-OH is 1. The van der Waals surface area contributed by atoms with Gasteiger partial charge in [0.15, 0.2) is 9.84 Å². The van der Waals surface area contributed by atoms with E-state index in [1.165, 1.54) is 13.8 Å². The third-order valence-corrected chi connectivity index (χ3v) is 12.5. The number of hydrogen-bond acceptors (Lipinski definition) is 8. The van der Waals surface area contributed by atoms with E-state index in [0.29, 0.717) is 35.7 Å². The number of fused-ring (bicyclic) bond motifs is 2. The summed E-state index contributed by atoms with van der Waals surface area (Å²) >= 11 is 0. The van der Waals surface area contributed by atoms with Gasteiger partial charge in [-0.1, -0.05) is 55.7 Å². The molecule has 2 fully saturated rings. The molecule has 1 aliphatic heterocycles. The second-order valence-electron chi connectivity index (χ2n) is 14.0. The van der Waals surface area contributed by atoms with E-state index < -0.39 is 56.5 Å². The van der Waals surface area contributed by atoms with Gasteiger partial charge in [-0.3, -0.25) is 24.3 Å². The number of nitrogens with one attached hydrogen (secondary N) is 2. The summed E-state index contributed by atoms with van der Waals surface area (Å²) in [5.74, 6) is -0.983. The second kappa shape index (κ2) is 14.7. The van der Waals surface area contributed by atoms with Gasteiger partial charge in [-0.2, -0.15) is 0 Å². The predicted molar refractivity (Wildman–Crippen MR) is 185 cm³/mol. The van der Waals surface area contributed by atoms with Crippen LogP contribution in [-0.4, -0.2) is 89.5 Å². The summed E-state index contributed by atoms with van der Waals surface area (Å²) in [6.45, 7) is 3.51. The molecule has 2 aliphatic rings. The molecular weight excluding hydrogens is 630 g/mol. The van der Waals surface area contributed by atoms with Crippen LogP contribution in [0.2, 0.25) is 0 Å². The summed E-state index contributed by atoms with van der Waals surface area (Å²) in [5.41, 5.74) is 7.62. The zero-order valence-electron chi connectivity index (χ0n) is 27.8. The molecule has 1 aliphatic carbocycles. The fraction of sp³-hybridized carbons (Fsp3) is 0.500. The summed E-state index contributed by atoms with van der Waals surface area (Å²) in [7, 11) is -3.88. The van der Waals surface area contributed by atoms with E-state index in [1.807, 2.05) is 35.2 Å². The lowest BCUT2D eigenvalue weighted by atomic mass is 9.72. The molecule has 3 aromatic rings. The summed E-state index contributed by atoms with van der Waals surface area (Å²) in [5, 5.41) is 18.0. The smallest absolute Gasteiger partial charge is 0.251 e. The molecule has 2 heterocycles. The Morgan fingerprint density at radius 1 is 1.02 bits per heavy atom. The van der Waals surface area contributed by atoms with Crippen molar-refractivity contribution in [2.24, 2.45) is 17.6 Å². The van der Waals surface area contributed by atoms with Crippen LogP contribution < -0.4 is 16.4 Å². The van der Waals surface area contributed by atoms with Gasteiger partial charge in [0.25, 0.3) is 5.91 Å². The van der Waals surface area contributed by atoms with Gasteiger partial charge in [0.2, 0.25) is 11.8 Å². The molecule has 1 saturated heterocycles. The fourth-order valence-electron chi connectivity index (χ4n) is 7.18. The van der Waals surface area contributed by atoms with E-state index >= 15 is 0 Å². The number of aromatic nitrogens is 1. The maximum atomic E-state index is 14.2. The van der Waals surface area contributed by atoms with Crippen LogP contribution in [0, 0.1) is 11.8 Å². The minimum Gasteiger partial charge on any atom is -0.390 e. The van der Waals surface area contributed by atoms with E-state index in [9.17, 15) is 27.9 Å². The SMILES string of the molecule is CC(C)([C@H](NC(=O)c1ccc2ncccc2c1)C(=O)N[C@@H](Cc1ccccc1)[C@H](O)CN1CC2CCCCC2C[C@H]1C(N)=O)S(C)(=O)=O. The molecule has 5 N–H and O–H groups in total. The quantitative estimate of drug-likeness (QED) is 0.227. The number of hydrogen-bond donors (Lipinski definition) is 4. The number of amides is 3. The Hall–Kier alpha value is -3.87. The molecule has 2 aromatic carbocycles. The summed E-state index contributed by atoms with van der Waals surface area (Å²) in [4.78, 5) is 46.5. The molecule has 0 spiro atoms. The highest BCUT2D eigenvalue weighted by Gasteiger charge is 2.46. The Balaban J connectivity index is 1.41. The molecule has 5 rings (SSSR count). The van der Waals surface area contributed by atoms with Gasteiger partial charge >= 0.3 is 0 Å². The number of benzene rings is 2. The number of carbonyl (C=O) groups is 3. The lowest BCUT2D eigenvalue weighted by Gasteiger charge is -2.46. The Labute approximate surface area is 282 Å². The molecule has 3 amide bonds. The highest BCUT2D eigenvalue weighted by molar-refractivity contribution is 7.92. The van der Waals surface area contributed by atoms with E-state index in [-0.39, 0.29) is 18.5 Å². The van der Waals surface area contributed by atoms with Crippen molar-refractivity contribution in [2.45, 2.75) is 81.3 Å². The van der Waals surface area contributed by atoms with Crippen LogP contribution in [0.5, 0.6) is 0 Å². The molecule has 2 unspecified atom stereocenters. The number of nitrogens with two attached hydrogens (primary N) is 1. The molecule has 12 heteroatoms. The van der Waals surface area contributed by atoms with Gasteiger partial charge in [-0.15, -0.1) is 0 Å². The van der Waals surface area contributed by atoms with E-state index in [1.54, 1.807) is 36.5 Å². The van der Waals surface area contributed by atoms with Crippen LogP contribution >= 0.6 is 0 Å². The van der Waals surface area contributed by atoms with Crippen LogP contribution in [0.15, 0.2) is 66.9 Å². The normalized spacial score (nSPS) is 22.2. The molecule has 11 nitrogen and oxygen atoms in total. The molecule has 48 heavy (non-hydrogen) atoms. The van der Waals surface area contributed by atoms with Gasteiger partial charge in [-0.05, 0) is 74.8 Å². The number of sulfone groups is 1. The number of carbonyl (C=O) groups excluding carboxylic acids is 3. The fourth-order valence-corrected chi connectivity index (χ4v) is 7.78. The number of β-amino-alcohol motifs (C(OH)–C–C–N with tert-alkyl or cyclic N) is 1. The number of piperidine rings is 1. The minimum absolute atomic E-state index is 0.0895. The maximum Gasteiger partial charge on any atom is 0.251 e. The van der Waals surface area contributed by atoms with Crippen molar-refractivity contribution in [1.82, 2.24) is 20.5 Å². The average molecular weight is 678 g/mol. The van der Waals surface area contributed by atoms with E-state index in [2.05, 4.69) is 15.6 Å². The van der Waals surface area contributed by atoms with Gasteiger partial charge in [-0.25, -0.2) is 8.42 Å². The van der Waals surface area contributed by atoms with Gasteiger partial charge in [0.1, 0.15) is 6.04 Å². The van der Waals surface area contributed by atoms with Crippen molar-refractivity contribution in [3.63, 3.8) is 0 Å². The van der Waals surface area contributed by atoms with Crippen LogP contribution in [0.3, 0.4) is 0 Å². The Bertz CT molecular complexity index is 1730. The first-order chi connectivity index (χ1) is 22.7. The van der Waals surface area contributed by atoms with Crippen LogP contribution in [-0.2, 0) is 25.8 Å². The van der Waals surface area contributed by atoms with Gasteiger partial charge < -0.3 is 21.5 Å². The van der Waals surface area contributed by atoms with Crippen molar-refractivity contribution in [3.05, 3.63) is 78.0 Å². The van der Waals surface area contributed by atoms with E-state index in [4.69, 9.17) is 5.73 Å². The number of primary amides is 1. The summed E-state index contributed by atoms with van der Waals surface area (Å²) in [6, 6.07) is 14.8. The topological polar surface area (TPSA) is 172 Å². The van der Waals surface area contributed by atoms with Gasteiger partial charge in [0, 0.05) is 36.5 Å². The third-order valence-electron chi connectivity index (χ3n) is 10.4. The van der Waals surface area contributed by atoms with Crippen molar-refractivity contribution < 1.29 is 27.9 Å². The first-order valence-corrected chi connectivity index (χ1v) is 18.5. The second-order valence-corrected chi connectivity index (χ2v) is 16.6. The maximum absolute atomic E-state index is 14.2. The van der Waals surface area contributed by atoms with Crippen LogP contribution in [0.1, 0.15) is 61.9 Å².